The largest absolute Gasteiger partial charge is 0.484 e. The van der Waals surface area contributed by atoms with Crippen molar-refractivity contribution in [3.63, 3.8) is 0 Å². The zero-order valence-corrected chi connectivity index (χ0v) is 12.4. The number of nitrogens with one attached hydrogen (secondary N) is 1. The van der Waals surface area contributed by atoms with E-state index in [1.165, 1.54) is 24.0 Å². The highest BCUT2D eigenvalue weighted by atomic mass is 16.5. The number of carbonyl (C=O) groups excluding carboxylic acids is 1. The highest BCUT2D eigenvalue weighted by Crippen LogP contribution is 2.25. The van der Waals surface area contributed by atoms with Crippen LogP contribution in [0.4, 0.5) is 0 Å². The Balaban J connectivity index is 1.44. The predicted molar refractivity (Wildman–Crippen MR) is 80.6 cm³/mol. The Morgan fingerprint density at radius 1 is 1.24 bits per heavy atom. The van der Waals surface area contributed by atoms with Crippen LogP contribution in [0.25, 0.3) is 0 Å². The number of hydrogen-bond donors (Lipinski definition) is 1. The summed E-state index contributed by atoms with van der Waals surface area (Å²) in [5, 5.41) is 2.87. The molecule has 1 fully saturated rings. The Hall–Kier alpha value is -1.55. The fourth-order valence-electron chi connectivity index (χ4n) is 3.03. The van der Waals surface area contributed by atoms with E-state index in [1.807, 2.05) is 6.07 Å². The van der Waals surface area contributed by atoms with Crippen molar-refractivity contribution in [2.24, 2.45) is 0 Å². The average Bonchev–Trinajstić information content (AvgIpc) is 3.04. The number of benzene rings is 1. The normalized spacial score (nSPS) is 20.9. The molecule has 3 rings (SSSR count). The Morgan fingerprint density at radius 3 is 2.90 bits per heavy atom. The van der Waals surface area contributed by atoms with Crippen LogP contribution < -0.4 is 10.1 Å². The molecule has 1 amide bonds. The lowest BCUT2D eigenvalue weighted by atomic mass is 9.92. The monoisotopic (exact) mass is 289 g/mol. The molecule has 1 heterocycles. The summed E-state index contributed by atoms with van der Waals surface area (Å²) in [6.45, 7) is 1.48. The van der Waals surface area contributed by atoms with E-state index in [2.05, 4.69) is 17.4 Å². The van der Waals surface area contributed by atoms with Crippen molar-refractivity contribution in [3.05, 3.63) is 29.3 Å². The third kappa shape index (κ3) is 3.97. The maximum atomic E-state index is 11.8. The zero-order valence-electron chi connectivity index (χ0n) is 12.4. The van der Waals surface area contributed by atoms with E-state index in [-0.39, 0.29) is 18.6 Å². The first-order chi connectivity index (χ1) is 10.3. The fourth-order valence-corrected chi connectivity index (χ4v) is 3.03. The minimum absolute atomic E-state index is 0.0749. The number of rotatable bonds is 5. The predicted octanol–water partition coefficient (Wildman–Crippen LogP) is 2.24. The molecule has 21 heavy (non-hydrogen) atoms. The lowest BCUT2D eigenvalue weighted by molar-refractivity contribution is -0.123. The second kappa shape index (κ2) is 6.94. The van der Waals surface area contributed by atoms with Crippen LogP contribution in [0.3, 0.4) is 0 Å². The molecule has 1 aliphatic heterocycles. The summed E-state index contributed by atoms with van der Waals surface area (Å²) in [6, 6.07) is 6.19. The molecule has 0 unspecified atom stereocenters. The van der Waals surface area contributed by atoms with Gasteiger partial charge in [0.25, 0.3) is 5.91 Å². The van der Waals surface area contributed by atoms with Crippen LogP contribution in [0, 0.1) is 0 Å². The number of fused-ring (bicyclic) bond motifs is 1. The van der Waals surface area contributed by atoms with E-state index >= 15 is 0 Å². The molecular formula is C17H23NO3. The van der Waals surface area contributed by atoms with Gasteiger partial charge in [-0.05, 0) is 61.8 Å². The van der Waals surface area contributed by atoms with E-state index in [1.54, 1.807) is 0 Å². The van der Waals surface area contributed by atoms with Crippen molar-refractivity contribution in [1.82, 2.24) is 5.32 Å². The zero-order chi connectivity index (χ0) is 14.5. The summed E-state index contributed by atoms with van der Waals surface area (Å²) in [7, 11) is 0. The SMILES string of the molecule is O=C(COc1ccc2c(c1)CCCC2)NC[C@H]1CCCO1. The van der Waals surface area contributed by atoms with Gasteiger partial charge in [-0.25, -0.2) is 0 Å². The van der Waals surface area contributed by atoms with Crippen molar-refractivity contribution in [1.29, 1.82) is 0 Å². The molecule has 1 N–H and O–H groups in total. The lowest BCUT2D eigenvalue weighted by Crippen LogP contribution is -2.35. The van der Waals surface area contributed by atoms with Crippen LogP contribution in [-0.2, 0) is 22.4 Å². The second-order valence-corrected chi connectivity index (χ2v) is 5.87. The van der Waals surface area contributed by atoms with Gasteiger partial charge < -0.3 is 14.8 Å². The van der Waals surface area contributed by atoms with Gasteiger partial charge in [0.05, 0.1) is 6.10 Å². The average molecular weight is 289 g/mol. The summed E-state index contributed by atoms with van der Waals surface area (Å²) in [4.78, 5) is 11.8. The Bertz CT molecular complexity index is 495. The molecule has 0 saturated carbocycles. The van der Waals surface area contributed by atoms with Gasteiger partial charge in [0, 0.05) is 13.2 Å². The van der Waals surface area contributed by atoms with Crippen LogP contribution in [0.2, 0.25) is 0 Å². The van der Waals surface area contributed by atoms with E-state index in [0.717, 1.165) is 38.0 Å². The first-order valence-corrected chi connectivity index (χ1v) is 7.94. The summed E-state index contributed by atoms with van der Waals surface area (Å²) < 4.78 is 11.1. The van der Waals surface area contributed by atoms with Crippen LogP contribution in [0.1, 0.15) is 36.8 Å². The molecule has 1 saturated heterocycles. The molecule has 2 aliphatic rings. The van der Waals surface area contributed by atoms with Gasteiger partial charge in [-0.2, -0.15) is 0 Å². The highest BCUT2D eigenvalue weighted by Gasteiger charge is 2.16. The van der Waals surface area contributed by atoms with Crippen molar-refractivity contribution in [3.8, 4) is 5.75 Å². The molecule has 0 aromatic heterocycles. The van der Waals surface area contributed by atoms with E-state index in [4.69, 9.17) is 9.47 Å². The Morgan fingerprint density at radius 2 is 2.10 bits per heavy atom. The Labute approximate surface area is 125 Å². The van der Waals surface area contributed by atoms with Gasteiger partial charge in [0.15, 0.2) is 6.61 Å². The summed E-state index contributed by atoms with van der Waals surface area (Å²) in [5.41, 5.74) is 2.80. The fraction of sp³-hybridized carbons (Fsp3) is 0.588. The van der Waals surface area contributed by atoms with Crippen molar-refractivity contribution in [2.45, 2.75) is 44.6 Å². The van der Waals surface area contributed by atoms with Gasteiger partial charge in [0.2, 0.25) is 0 Å². The molecule has 4 nitrogen and oxygen atoms in total. The quantitative estimate of drug-likeness (QED) is 0.904. The molecule has 0 spiro atoms. The molecular weight excluding hydrogens is 266 g/mol. The molecule has 1 aromatic carbocycles. The van der Waals surface area contributed by atoms with Gasteiger partial charge in [-0.3, -0.25) is 4.79 Å². The first kappa shape index (κ1) is 14.4. The number of ether oxygens (including phenoxy) is 2. The molecule has 114 valence electrons. The standard InChI is InChI=1S/C17H23NO3/c19-17(18-11-16-6-3-9-20-16)12-21-15-8-7-13-4-1-2-5-14(13)10-15/h7-8,10,16H,1-6,9,11-12H2,(H,18,19)/t16-/m1/s1. The van der Waals surface area contributed by atoms with Crippen LogP contribution in [0.5, 0.6) is 5.75 Å². The molecule has 0 bridgehead atoms. The van der Waals surface area contributed by atoms with Gasteiger partial charge >= 0.3 is 0 Å². The van der Waals surface area contributed by atoms with Crippen LogP contribution >= 0.6 is 0 Å². The third-order valence-electron chi connectivity index (χ3n) is 4.24. The van der Waals surface area contributed by atoms with Gasteiger partial charge in [-0.15, -0.1) is 0 Å². The molecule has 0 radical (unpaired) electrons. The number of carbonyl (C=O) groups is 1. The maximum Gasteiger partial charge on any atom is 0.258 e. The highest BCUT2D eigenvalue weighted by molar-refractivity contribution is 5.77. The molecule has 4 heteroatoms. The van der Waals surface area contributed by atoms with E-state index < -0.39 is 0 Å². The topological polar surface area (TPSA) is 47.6 Å². The number of hydrogen-bond acceptors (Lipinski definition) is 3. The number of aryl methyl sites for hydroxylation is 2. The summed E-state index contributed by atoms with van der Waals surface area (Å²) in [6.07, 6.45) is 7.11. The van der Waals surface area contributed by atoms with E-state index in [0.29, 0.717) is 6.54 Å². The molecule has 1 aliphatic carbocycles. The van der Waals surface area contributed by atoms with Crippen molar-refractivity contribution in [2.75, 3.05) is 19.8 Å². The van der Waals surface area contributed by atoms with Crippen LogP contribution in [0.15, 0.2) is 18.2 Å². The minimum atomic E-state index is -0.0804. The summed E-state index contributed by atoms with van der Waals surface area (Å²) in [5.74, 6) is 0.714. The smallest absolute Gasteiger partial charge is 0.258 e. The third-order valence-corrected chi connectivity index (χ3v) is 4.24. The second-order valence-electron chi connectivity index (χ2n) is 5.87. The van der Waals surface area contributed by atoms with Crippen molar-refractivity contribution >= 4 is 5.91 Å². The van der Waals surface area contributed by atoms with Gasteiger partial charge in [0.1, 0.15) is 5.75 Å². The summed E-state index contributed by atoms with van der Waals surface area (Å²) >= 11 is 0. The maximum absolute atomic E-state index is 11.8. The van der Waals surface area contributed by atoms with E-state index in [9.17, 15) is 4.79 Å². The molecule has 1 atom stereocenters. The number of amides is 1. The lowest BCUT2D eigenvalue weighted by Gasteiger charge is -2.17. The Kier molecular flexibility index (Phi) is 4.76. The van der Waals surface area contributed by atoms with Crippen LogP contribution in [-0.4, -0.2) is 31.8 Å². The first-order valence-electron chi connectivity index (χ1n) is 7.94. The molecule has 1 aromatic rings. The van der Waals surface area contributed by atoms with Gasteiger partial charge in [-0.1, -0.05) is 6.07 Å². The van der Waals surface area contributed by atoms with Crippen molar-refractivity contribution < 1.29 is 14.3 Å². The minimum Gasteiger partial charge on any atom is -0.484 e.